The Labute approximate surface area is 163 Å². The van der Waals surface area contributed by atoms with Crippen molar-refractivity contribution < 1.29 is 13.2 Å². The lowest BCUT2D eigenvalue weighted by molar-refractivity contribution is -0.123. The van der Waals surface area contributed by atoms with Crippen molar-refractivity contribution in [1.29, 1.82) is 0 Å². The van der Waals surface area contributed by atoms with Gasteiger partial charge in [-0.25, -0.2) is 8.42 Å². The first-order valence-electron chi connectivity index (χ1n) is 10.0. The number of carbonyl (C=O) groups excluding carboxylic acids is 1. The summed E-state index contributed by atoms with van der Waals surface area (Å²) in [6.07, 6.45) is 5.24. The minimum atomic E-state index is -3.46. The molecule has 27 heavy (non-hydrogen) atoms. The molecule has 1 aromatic rings. The van der Waals surface area contributed by atoms with Gasteiger partial charge in [0, 0.05) is 32.2 Å². The zero-order valence-corrected chi connectivity index (χ0v) is 17.2. The summed E-state index contributed by atoms with van der Waals surface area (Å²) < 4.78 is 27.6. The molecule has 1 fully saturated rings. The second-order valence-electron chi connectivity index (χ2n) is 7.69. The van der Waals surface area contributed by atoms with Crippen molar-refractivity contribution in [3.63, 3.8) is 0 Å². The Hall–Kier alpha value is -1.44. The maximum Gasteiger partial charge on any atom is 0.243 e. The average Bonchev–Trinajstić information content (AvgIpc) is 2.67. The highest BCUT2D eigenvalue weighted by Crippen LogP contribution is 2.26. The lowest BCUT2D eigenvalue weighted by Crippen LogP contribution is -2.51. The van der Waals surface area contributed by atoms with Gasteiger partial charge in [-0.3, -0.25) is 9.69 Å². The van der Waals surface area contributed by atoms with E-state index in [4.69, 9.17) is 0 Å². The van der Waals surface area contributed by atoms with Gasteiger partial charge in [-0.1, -0.05) is 13.0 Å². The number of carbonyl (C=O) groups is 1. The van der Waals surface area contributed by atoms with Gasteiger partial charge in [0.2, 0.25) is 15.9 Å². The maximum absolute atomic E-state index is 13.0. The van der Waals surface area contributed by atoms with E-state index in [1.54, 1.807) is 10.4 Å². The molecule has 2 aliphatic rings. The zero-order chi connectivity index (χ0) is 19.4. The predicted octanol–water partition coefficient (Wildman–Crippen LogP) is 1.79. The molecule has 0 aromatic heterocycles. The van der Waals surface area contributed by atoms with Crippen LogP contribution in [0.1, 0.15) is 44.2 Å². The third-order valence-corrected chi connectivity index (χ3v) is 7.57. The SMILES string of the molecule is CC[C@H](C)NC(=O)CN1CCN(S(=O)(=O)c2ccc3c(c2)CCCC3)CC1. The number of piperazine rings is 1. The summed E-state index contributed by atoms with van der Waals surface area (Å²) in [6.45, 7) is 6.37. The van der Waals surface area contributed by atoms with E-state index in [1.807, 2.05) is 30.9 Å². The van der Waals surface area contributed by atoms with Crippen LogP contribution in [0.4, 0.5) is 0 Å². The smallest absolute Gasteiger partial charge is 0.243 e. The number of benzene rings is 1. The van der Waals surface area contributed by atoms with E-state index in [-0.39, 0.29) is 11.9 Å². The van der Waals surface area contributed by atoms with Crippen molar-refractivity contribution in [2.75, 3.05) is 32.7 Å². The van der Waals surface area contributed by atoms with Gasteiger partial charge in [0.05, 0.1) is 11.4 Å². The predicted molar refractivity (Wildman–Crippen MR) is 106 cm³/mol. The van der Waals surface area contributed by atoms with Crippen molar-refractivity contribution >= 4 is 15.9 Å². The van der Waals surface area contributed by atoms with E-state index >= 15 is 0 Å². The first kappa shape index (κ1) is 20.3. The number of rotatable bonds is 6. The molecule has 0 unspecified atom stereocenters. The normalized spacial score (nSPS) is 20.1. The molecule has 0 radical (unpaired) electrons. The topological polar surface area (TPSA) is 69.7 Å². The fourth-order valence-corrected chi connectivity index (χ4v) is 5.25. The fraction of sp³-hybridized carbons (Fsp3) is 0.650. The van der Waals surface area contributed by atoms with Crippen LogP contribution < -0.4 is 5.32 Å². The van der Waals surface area contributed by atoms with Gasteiger partial charge in [0.1, 0.15) is 0 Å². The first-order valence-corrected chi connectivity index (χ1v) is 11.5. The molecule has 1 aromatic carbocycles. The maximum atomic E-state index is 13.0. The second-order valence-corrected chi connectivity index (χ2v) is 9.63. The highest BCUT2D eigenvalue weighted by Gasteiger charge is 2.29. The van der Waals surface area contributed by atoms with Crippen LogP contribution in [0.15, 0.2) is 23.1 Å². The van der Waals surface area contributed by atoms with Gasteiger partial charge in [-0.05, 0) is 62.3 Å². The third kappa shape index (κ3) is 4.89. The second kappa shape index (κ2) is 8.71. The molecule has 3 rings (SSSR count). The van der Waals surface area contributed by atoms with Crippen LogP contribution in [0.3, 0.4) is 0 Å². The van der Waals surface area contributed by atoms with Crippen molar-refractivity contribution in [2.45, 2.75) is 56.9 Å². The zero-order valence-electron chi connectivity index (χ0n) is 16.4. The standard InChI is InChI=1S/C20H31N3O3S/c1-3-16(2)21-20(24)15-22-10-12-23(13-11-22)27(25,26)19-9-8-17-6-4-5-7-18(17)14-19/h8-9,14,16H,3-7,10-13,15H2,1-2H3,(H,21,24)/t16-/m0/s1. The Morgan fingerprint density at radius 1 is 1.11 bits per heavy atom. The molecular formula is C20H31N3O3S. The summed E-state index contributed by atoms with van der Waals surface area (Å²) >= 11 is 0. The van der Waals surface area contributed by atoms with Gasteiger partial charge >= 0.3 is 0 Å². The Bertz CT molecular complexity index is 771. The minimum absolute atomic E-state index is 0.00958. The number of sulfonamides is 1. The molecular weight excluding hydrogens is 362 g/mol. The van der Waals surface area contributed by atoms with Gasteiger partial charge in [-0.15, -0.1) is 0 Å². The average molecular weight is 394 g/mol. The molecule has 1 N–H and O–H groups in total. The molecule has 0 saturated carbocycles. The summed E-state index contributed by atoms with van der Waals surface area (Å²) in [5.41, 5.74) is 2.47. The number of fused-ring (bicyclic) bond motifs is 1. The molecule has 1 saturated heterocycles. The number of hydrogen-bond donors (Lipinski definition) is 1. The van der Waals surface area contributed by atoms with E-state index < -0.39 is 10.0 Å². The number of nitrogens with zero attached hydrogens (tertiary/aromatic N) is 2. The van der Waals surface area contributed by atoms with E-state index in [1.165, 1.54) is 17.5 Å². The quantitative estimate of drug-likeness (QED) is 0.800. The van der Waals surface area contributed by atoms with Crippen LogP contribution in [-0.4, -0.2) is 62.3 Å². The number of nitrogens with one attached hydrogen (secondary N) is 1. The molecule has 0 spiro atoms. The molecule has 0 bridgehead atoms. The van der Waals surface area contributed by atoms with Crippen LogP contribution in [-0.2, 0) is 27.7 Å². The highest BCUT2D eigenvalue weighted by atomic mass is 32.2. The van der Waals surface area contributed by atoms with Gasteiger partial charge < -0.3 is 5.32 Å². The summed E-state index contributed by atoms with van der Waals surface area (Å²) in [4.78, 5) is 14.5. The van der Waals surface area contributed by atoms with Crippen molar-refractivity contribution in [3.8, 4) is 0 Å². The van der Waals surface area contributed by atoms with E-state index in [2.05, 4.69) is 5.32 Å². The number of aryl methyl sites for hydroxylation is 2. The minimum Gasteiger partial charge on any atom is -0.353 e. The molecule has 1 heterocycles. The summed E-state index contributed by atoms with van der Waals surface area (Å²) in [6, 6.07) is 5.78. The van der Waals surface area contributed by atoms with Crippen molar-refractivity contribution in [3.05, 3.63) is 29.3 Å². The first-order chi connectivity index (χ1) is 12.9. The molecule has 7 heteroatoms. The largest absolute Gasteiger partial charge is 0.353 e. The highest BCUT2D eigenvalue weighted by molar-refractivity contribution is 7.89. The lowest BCUT2D eigenvalue weighted by Gasteiger charge is -2.34. The number of hydrogen-bond acceptors (Lipinski definition) is 4. The molecule has 150 valence electrons. The van der Waals surface area contributed by atoms with Gasteiger partial charge in [0.15, 0.2) is 0 Å². The summed E-state index contributed by atoms with van der Waals surface area (Å²) in [5, 5.41) is 2.96. The fourth-order valence-electron chi connectivity index (χ4n) is 3.77. The van der Waals surface area contributed by atoms with Crippen LogP contribution in [0.2, 0.25) is 0 Å². The lowest BCUT2D eigenvalue weighted by atomic mass is 9.92. The number of amides is 1. The van der Waals surface area contributed by atoms with E-state index in [9.17, 15) is 13.2 Å². The summed E-state index contributed by atoms with van der Waals surface area (Å²) in [5.74, 6) is 0.00958. The van der Waals surface area contributed by atoms with Crippen molar-refractivity contribution in [1.82, 2.24) is 14.5 Å². The van der Waals surface area contributed by atoms with Crippen LogP contribution >= 0.6 is 0 Å². The molecule has 1 amide bonds. The Kier molecular flexibility index (Phi) is 6.55. The Morgan fingerprint density at radius 3 is 2.44 bits per heavy atom. The molecule has 1 aliphatic heterocycles. The van der Waals surface area contributed by atoms with Gasteiger partial charge in [-0.2, -0.15) is 4.31 Å². The van der Waals surface area contributed by atoms with Crippen LogP contribution in [0, 0.1) is 0 Å². The Morgan fingerprint density at radius 2 is 1.78 bits per heavy atom. The third-order valence-electron chi connectivity index (χ3n) is 5.68. The van der Waals surface area contributed by atoms with Crippen molar-refractivity contribution in [2.24, 2.45) is 0 Å². The monoisotopic (exact) mass is 393 g/mol. The summed E-state index contributed by atoms with van der Waals surface area (Å²) in [7, 11) is -3.46. The molecule has 1 aliphatic carbocycles. The molecule has 1 atom stereocenters. The molecule has 6 nitrogen and oxygen atoms in total. The van der Waals surface area contributed by atoms with E-state index in [0.717, 1.165) is 25.7 Å². The Balaban J connectivity index is 1.59. The van der Waals surface area contributed by atoms with Crippen LogP contribution in [0.25, 0.3) is 0 Å². The van der Waals surface area contributed by atoms with E-state index in [0.29, 0.717) is 37.6 Å². The van der Waals surface area contributed by atoms with Crippen LogP contribution in [0.5, 0.6) is 0 Å². The van der Waals surface area contributed by atoms with Gasteiger partial charge in [0.25, 0.3) is 0 Å².